The molecule has 0 saturated heterocycles. The van der Waals surface area contributed by atoms with Crippen LogP contribution in [0, 0.1) is 11.3 Å². The molecule has 1 amide bonds. The number of nitrogens with two attached hydrogens (primary N) is 1. The van der Waals surface area contributed by atoms with Gasteiger partial charge in [0.2, 0.25) is 5.91 Å². The molecular formula is C13H26N2O2. The Labute approximate surface area is 104 Å². The van der Waals surface area contributed by atoms with E-state index in [0.717, 1.165) is 32.1 Å². The Kier molecular flexibility index (Phi) is 5.40. The summed E-state index contributed by atoms with van der Waals surface area (Å²) in [5.41, 5.74) is 5.67. The minimum absolute atomic E-state index is 0.00114. The fourth-order valence-electron chi connectivity index (χ4n) is 1.89. The molecule has 0 aromatic heterocycles. The van der Waals surface area contributed by atoms with Crippen LogP contribution in [-0.4, -0.2) is 30.2 Å². The van der Waals surface area contributed by atoms with Crippen LogP contribution in [0.15, 0.2) is 0 Å². The van der Waals surface area contributed by atoms with Gasteiger partial charge in [0, 0.05) is 23.9 Å². The zero-order chi connectivity index (χ0) is 12.9. The van der Waals surface area contributed by atoms with Gasteiger partial charge in [-0.1, -0.05) is 13.3 Å². The molecule has 4 nitrogen and oxygen atoms in total. The molecule has 0 bridgehead atoms. The van der Waals surface area contributed by atoms with Crippen molar-refractivity contribution in [3.8, 4) is 0 Å². The van der Waals surface area contributed by atoms with Gasteiger partial charge in [-0.2, -0.15) is 0 Å². The lowest BCUT2D eigenvalue weighted by atomic mass is 10.0. The molecule has 2 atom stereocenters. The van der Waals surface area contributed by atoms with E-state index in [4.69, 9.17) is 10.8 Å². The van der Waals surface area contributed by atoms with E-state index in [1.165, 1.54) is 0 Å². The number of rotatable bonds is 8. The molecule has 100 valence electrons. The summed E-state index contributed by atoms with van der Waals surface area (Å²) in [6.45, 7) is 4.75. The van der Waals surface area contributed by atoms with Gasteiger partial charge in [-0.05, 0) is 32.6 Å². The average molecular weight is 242 g/mol. The Morgan fingerprint density at radius 2 is 2.06 bits per heavy atom. The second-order valence-corrected chi connectivity index (χ2v) is 5.69. The molecule has 0 spiro atoms. The van der Waals surface area contributed by atoms with E-state index >= 15 is 0 Å². The molecule has 2 unspecified atom stereocenters. The molecule has 1 aliphatic rings. The molecule has 1 fully saturated rings. The second-order valence-electron chi connectivity index (χ2n) is 5.69. The topological polar surface area (TPSA) is 75.4 Å². The summed E-state index contributed by atoms with van der Waals surface area (Å²) in [5, 5.41) is 12.1. The molecule has 0 aliphatic heterocycles. The maximum Gasteiger partial charge on any atom is 0.222 e. The predicted molar refractivity (Wildman–Crippen MR) is 68.4 cm³/mol. The van der Waals surface area contributed by atoms with Crippen LogP contribution in [0.25, 0.3) is 0 Å². The summed E-state index contributed by atoms with van der Waals surface area (Å²) >= 11 is 0. The van der Waals surface area contributed by atoms with Crippen LogP contribution in [0.3, 0.4) is 0 Å². The Bertz CT molecular complexity index is 250. The van der Waals surface area contributed by atoms with Crippen LogP contribution in [0.5, 0.6) is 0 Å². The minimum Gasteiger partial charge on any atom is -0.396 e. The number of hydrogen-bond acceptors (Lipinski definition) is 3. The van der Waals surface area contributed by atoms with E-state index in [-0.39, 0.29) is 29.9 Å². The van der Waals surface area contributed by atoms with Crippen molar-refractivity contribution in [3.05, 3.63) is 0 Å². The first-order valence-corrected chi connectivity index (χ1v) is 6.63. The highest BCUT2D eigenvalue weighted by Crippen LogP contribution is 2.44. The SMILES string of the molecule is CC(N)CCCC(C)C(=O)NCC1(CO)CC1. The summed E-state index contributed by atoms with van der Waals surface area (Å²) in [6.07, 6.45) is 4.92. The first-order valence-electron chi connectivity index (χ1n) is 6.63. The van der Waals surface area contributed by atoms with E-state index in [1.54, 1.807) is 0 Å². The third kappa shape index (κ3) is 5.04. The highest BCUT2D eigenvalue weighted by Gasteiger charge is 2.42. The van der Waals surface area contributed by atoms with Gasteiger partial charge in [-0.3, -0.25) is 4.79 Å². The molecule has 1 aliphatic carbocycles. The van der Waals surface area contributed by atoms with Gasteiger partial charge in [-0.15, -0.1) is 0 Å². The van der Waals surface area contributed by atoms with Crippen molar-refractivity contribution in [2.45, 2.75) is 52.0 Å². The van der Waals surface area contributed by atoms with Crippen LogP contribution in [0.1, 0.15) is 46.0 Å². The van der Waals surface area contributed by atoms with Gasteiger partial charge in [0.25, 0.3) is 0 Å². The Hall–Kier alpha value is -0.610. The normalized spacial score (nSPS) is 20.7. The van der Waals surface area contributed by atoms with E-state index < -0.39 is 0 Å². The first kappa shape index (κ1) is 14.5. The Morgan fingerprint density at radius 3 is 2.53 bits per heavy atom. The second kappa shape index (κ2) is 6.36. The zero-order valence-corrected chi connectivity index (χ0v) is 11.0. The average Bonchev–Trinajstić information content (AvgIpc) is 3.06. The molecule has 1 rings (SSSR count). The molecule has 4 heteroatoms. The maximum atomic E-state index is 11.8. The van der Waals surface area contributed by atoms with Crippen molar-refractivity contribution in [2.75, 3.05) is 13.2 Å². The highest BCUT2D eigenvalue weighted by molar-refractivity contribution is 5.78. The Balaban J connectivity index is 2.14. The lowest BCUT2D eigenvalue weighted by Gasteiger charge is -2.16. The largest absolute Gasteiger partial charge is 0.396 e. The summed E-state index contributed by atoms with van der Waals surface area (Å²) in [5.74, 6) is 0.151. The smallest absolute Gasteiger partial charge is 0.222 e. The molecule has 0 radical (unpaired) electrons. The molecule has 1 saturated carbocycles. The number of hydrogen-bond donors (Lipinski definition) is 3. The number of amides is 1. The van der Waals surface area contributed by atoms with Crippen molar-refractivity contribution >= 4 is 5.91 Å². The lowest BCUT2D eigenvalue weighted by Crippen LogP contribution is -2.35. The quantitative estimate of drug-likeness (QED) is 0.595. The number of carbonyl (C=O) groups excluding carboxylic acids is 1. The van der Waals surface area contributed by atoms with Gasteiger partial charge in [0.15, 0.2) is 0 Å². The monoisotopic (exact) mass is 242 g/mol. The summed E-state index contributed by atoms with van der Waals surface area (Å²) in [7, 11) is 0. The summed E-state index contributed by atoms with van der Waals surface area (Å²) < 4.78 is 0. The molecule has 0 heterocycles. The zero-order valence-electron chi connectivity index (χ0n) is 11.0. The molecule has 0 aromatic rings. The van der Waals surface area contributed by atoms with Gasteiger partial charge >= 0.3 is 0 Å². The molecule has 0 aromatic carbocycles. The van der Waals surface area contributed by atoms with Crippen LogP contribution in [0.4, 0.5) is 0 Å². The Morgan fingerprint density at radius 1 is 1.41 bits per heavy atom. The number of nitrogens with one attached hydrogen (secondary N) is 1. The van der Waals surface area contributed by atoms with Gasteiger partial charge < -0.3 is 16.2 Å². The van der Waals surface area contributed by atoms with Gasteiger partial charge in [0.1, 0.15) is 0 Å². The van der Waals surface area contributed by atoms with Gasteiger partial charge in [-0.25, -0.2) is 0 Å². The minimum atomic E-state index is 0.00114. The van der Waals surface area contributed by atoms with Crippen LogP contribution >= 0.6 is 0 Å². The molecular weight excluding hydrogens is 216 g/mol. The fourth-order valence-corrected chi connectivity index (χ4v) is 1.89. The fraction of sp³-hybridized carbons (Fsp3) is 0.923. The van der Waals surface area contributed by atoms with Crippen LogP contribution < -0.4 is 11.1 Å². The van der Waals surface area contributed by atoms with Crippen molar-refractivity contribution in [3.63, 3.8) is 0 Å². The lowest BCUT2D eigenvalue weighted by molar-refractivity contribution is -0.125. The van der Waals surface area contributed by atoms with Gasteiger partial charge in [0.05, 0.1) is 6.61 Å². The molecule has 17 heavy (non-hydrogen) atoms. The third-order valence-corrected chi connectivity index (χ3v) is 3.67. The van der Waals surface area contributed by atoms with Crippen LogP contribution in [-0.2, 0) is 4.79 Å². The first-order chi connectivity index (χ1) is 7.99. The van der Waals surface area contributed by atoms with Crippen LogP contribution in [0.2, 0.25) is 0 Å². The van der Waals surface area contributed by atoms with E-state index in [9.17, 15) is 4.79 Å². The third-order valence-electron chi connectivity index (χ3n) is 3.67. The standard InChI is InChI=1S/C13H26N2O2/c1-10(4-3-5-11(2)14)12(17)15-8-13(9-16)6-7-13/h10-11,16H,3-9,14H2,1-2H3,(H,15,17). The van der Waals surface area contributed by atoms with Crippen molar-refractivity contribution in [1.29, 1.82) is 0 Å². The highest BCUT2D eigenvalue weighted by atomic mass is 16.3. The number of aliphatic hydroxyl groups is 1. The van der Waals surface area contributed by atoms with Crippen molar-refractivity contribution < 1.29 is 9.90 Å². The summed E-state index contributed by atoms with van der Waals surface area (Å²) in [6, 6.07) is 0.217. The predicted octanol–water partition coefficient (Wildman–Crippen LogP) is 1.03. The molecule has 4 N–H and O–H groups in total. The summed E-state index contributed by atoms with van der Waals surface area (Å²) in [4.78, 5) is 11.8. The number of carbonyl (C=O) groups is 1. The van der Waals surface area contributed by atoms with Crippen molar-refractivity contribution in [1.82, 2.24) is 5.32 Å². The van der Waals surface area contributed by atoms with Crippen molar-refractivity contribution in [2.24, 2.45) is 17.1 Å². The van der Waals surface area contributed by atoms with E-state index in [1.807, 2.05) is 13.8 Å². The maximum absolute atomic E-state index is 11.8. The number of aliphatic hydroxyl groups excluding tert-OH is 1. The van der Waals surface area contributed by atoms with E-state index in [2.05, 4.69) is 5.32 Å². The van der Waals surface area contributed by atoms with E-state index in [0.29, 0.717) is 6.54 Å².